The van der Waals surface area contributed by atoms with Gasteiger partial charge in [-0.15, -0.1) is 0 Å². The third-order valence-corrected chi connectivity index (χ3v) is 7.97. The van der Waals surface area contributed by atoms with Crippen LogP contribution >= 0.6 is 0 Å². The van der Waals surface area contributed by atoms with E-state index in [0.29, 0.717) is 13.0 Å². The normalized spacial score (nSPS) is 32.8. The molecule has 2 aliphatic carbocycles. The largest absolute Gasteiger partial charge is 0.392 e. The Labute approximate surface area is 190 Å². The molecule has 2 aliphatic rings. The summed E-state index contributed by atoms with van der Waals surface area (Å²) >= 11 is 0. The van der Waals surface area contributed by atoms with Crippen molar-refractivity contribution in [2.45, 2.75) is 65.0 Å². The van der Waals surface area contributed by atoms with E-state index in [1.807, 2.05) is 6.92 Å². The maximum absolute atomic E-state index is 12.9. The van der Waals surface area contributed by atoms with E-state index in [1.54, 1.807) is 11.9 Å². The zero-order valence-corrected chi connectivity index (χ0v) is 19.5. The van der Waals surface area contributed by atoms with Gasteiger partial charge in [0.15, 0.2) is 0 Å². The maximum atomic E-state index is 12.9. The zero-order valence-electron chi connectivity index (χ0n) is 19.5. The number of fused-ring (bicyclic) bond motifs is 1. The average Bonchev–Trinajstić information content (AvgIpc) is 2.79. The molecule has 0 radical (unpaired) electrons. The molecule has 0 spiro atoms. The van der Waals surface area contributed by atoms with E-state index in [0.717, 1.165) is 25.7 Å². The van der Waals surface area contributed by atoms with Gasteiger partial charge in [0.2, 0.25) is 5.91 Å². The monoisotopic (exact) mass is 441 g/mol. The summed E-state index contributed by atoms with van der Waals surface area (Å²) in [5.41, 5.74) is 0.271. The molecule has 2 amide bonds. The van der Waals surface area contributed by atoms with Gasteiger partial charge in [-0.1, -0.05) is 20.8 Å². The highest BCUT2D eigenvalue weighted by Crippen LogP contribution is 2.55. The molecule has 0 aromatic carbocycles. The second kappa shape index (κ2) is 9.95. The van der Waals surface area contributed by atoms with Crippen LogP contribution in [0.25, 0.3) is 0 Å². The SMILES string of the molecule is CC(C(=O)N(C)CCC#N)C1CCC2(C)CCC(NC(=O)c3cnccn3)C(C)C2C1O. The Kier molecular flexibility index (Phi) is 7.50. The van der Waals surface area contributed by atoms with E-state index < -0.39 is 6.10 Å². The van der Waals surface area contributed by atoms with Crippen molar-refractivity contribution in [3.63, 3.8) is 0 Å². The van der Waals surface area contributed by atoms with Gasteiger partial charge in [0.05, 0.1) is 24.8 Å². The number of nitrogens with zero attached hydrogens (tertiary/aromatic N) is 4. The van der Waals surface area contributed by atoms with Crippen LogP contribution in [0.1, 0.15) is 63.4 Å². The molecule has 0 saturated heterocycles. The first-order valence-electron chi connectivity index (χ1n) is 11.6. The summed E-state index contributed by atoms with van der Waals surface area (Å²) in [6.45, 7) is 6.62. The van der Waals surface area contributed by atoms with Gasteiger partial charge < -0.3 is 15.3 Å². The third-order valence-electron chi connectivity index (χ3n) is 7.97. The lowest BCUT2D eigenvalue weighted by molar-refractivity contribution is -0.149. The average molecular weight is 442 g/mol. The molecule has 3 rings (SSSR count). The molecule has 2 N–H and O–H groups in total. The summed E-state index contributed by atoms with van der Waals surface area (Å²) < 4.78 is 0. The topological polar surface area (TPSA) is 119 Å². The van der Waals surface area contributed by atoms with Gasteiger partial charge in [-0.2, -0.15) is 5.26 Å². The minimum absolute atomic E-state index is 0.0122. The molecule has 0 aliphatic heterocycles. The minimum atomic E-state index is -0.622. The van der Waals surface area contributed by atoms with E-state index in [2.05, 4.69) is 35.2 Å². The Hall–Kier alpha value is -2.53. The van der Waals surface area contributed by atoms with Crippen molar-refractivity contribution in [1.29, 1.82) is 5.26 Å². The van der Waals surface area contributed by atoms with Crippen molar-refractivity contribution >= 4 is 11.8 Å². The molecule has 1 heterocycles. The van der Waals surface area contributed by atoms with Crippen LogP contribution in [-0.4, -0.2) is 57.5 Å². The first-order valence-corrected chi connectivity index (χ1v) is 11.6. The Morgan fingerprint density at radius 2 is 2.09 bits per heavy atom. The molecule has 8 nitrogen and oxygen atoms in total. The van der Waals surface area contributed by atoms with Crippen LogP contribution < -0.4 is 5.32 Å². The summed E-state index contributed by atoms with van der Waals surface area (Å²) in [4.78, 5) is 35.2. The lowest BCUT2D eigenvalue weighted by atomic mass is 9.51. The van der Waals surface area contributed by atoms with Gasteiger partial charge in [-0.05, 0) is 48.9 Å². The predicted octanol–water partition coefficient (Wildman–Crippen LogP) is 2.41. The van der Waals surface area contributed by atoms with Gasteiger partial charge in [-0.3, -0.25) is 14.6 Å². The third kappa shape index (κ3) is 4.78. The fourth-order valence-electron chi connectivity index (χ4n) is 6.01. The minimum Gasteiger partial charge on any atom is -0.392 e. The van der Waals surface area contributed by atoms with Gasteiger partial charge in [-0.25, -0.2) is 4.98 Å². The molecule has 7 unspecified atom stereocenters. The number of hydrogen-bond donors (Lipinski definition) is 2. The highest BCUT2D eigenvalue weighted by Gasteiger charge is 2.54. The van der Waals surface area contributed by atoms with Gasteiger partial charge in [0, 0.05) is 37.9 Å². The molecule has 2 fully saturated rings. The molecule has 0 bridgehead atoms. The zero-order chi connectivity index (χ0) is 23.5. The van der Waals surface area contributed by atoms with Gasteiger partial charge in [0.25, 0.3) is 5.91 Å². The number of aliphatic hydroxyl groups excluding tert-OH is 1. The summed E-state index contributed by atoms with van der Waals surface area (Å²) in [7, 11) is 1.72. The predicted molar refractivity (Wildman–Crippen MR) is 119 cm³/mol. The Morgan fingerprint density at radius 3 is 2.75 bits per heavy atom. The van der Waals surface area contributed by atoms with Crippen LogP contribution in [-0.2, 0) is 4.79 Å². The molecular formula is C24H35N5O3. The van der Waals surface area contributed by atoms with Crippen molar-refractivity contribution in [1.82, 2.24) is 20.2 Å². The van der Waals surface area contributed by atoms with Crippen molar-refractivity contribution in [2.75, 3.05) is 13.6 Å². The summed E-state index contributed by atoms with van der Waals surface area (Å²) in [5.74, 6) is -0.679. The number of aromatic nitrogens is 2. The molecule has 7 atom stereocenters. The molecule has 1 aromatic heterocycles. The number of amides is 2. The van der Waals surface area contributed by atoms with Crippen LogP contribution in [0.5, 0.6) is 0 Å². The van der Waals surface area contributed by atoms with E-state index in [-0.39, 0.29) is 52.6 Å². The molecule has 8 heteroatoms. The highest BCUT2D eigenvalue weighted by atomic mass is 16.3. The molecule has 1 aromatic rings. The second-order valence-corrected chi connectivity index (χ2v) is 9.90. The van der Waals surface area contributed by atoms with Crippen LogP contribution in [0.3, 0.4) is 0 Å². The Bertz CT molecular complexity index is 857. The molecular weight excluding hydrogens is 406 g/mol. The van der Waals surface area contributed by atoms with Crippen LogP contribution in [0.15, 0.2) is 18.6 Å². The molecule has 32 heavy (non-hydrogen) atoms. The first kappa shape index (κ1) is 24.1. The number of carbonyl (C=O) groups excluding carboxylic acids is 2. The molecule has 2 saturated carbocycles. The smallest absolute Gasteiger partial charge is 0.271 e. The van der Waals surface area contributed by atoms with Crippen molar-refractivity contribution in [3.8, 4) is 6.07 Å². The van der Waals surface area contributed by atoms with Crippen molar-refractivity contribution < 1.29 is 14.7 Å². The van der Waals surface area contributed by atoms with E-state index >= 15 is 0 Å². The van der Waals surface area contributed by atoms with E-state index in [4.69, 9.17) is 5.26 Å². The van der Waals surface area contributed by atoms with Gasteiger partial charge in [0.1, 0.15) is 5.69 Å². The van der Waals surface area contributed by atoms with Crippen LogP contribution in [0.2, 0.25) is 0 Å². The molecule has 174 valence electrons. The second-order valence-electron chi connectivity index (χ2n) is 9.90. The Balaban J connectivity index is 1.73. The van der Waals surface area contributed by atoms with E-state index in [9.17, 15) is 14.7 Å². The summed E-state index contributed by atoms with van der Waals surface area (Å²) in [6, 6.07) is 2.01. The van der Waals surface area contributed by atoms with Crippen LogP contribution in [0, 0.1) is 40.4 Å². The van der Waals surface area contributed by atoms with Crippen LogP contribution in [0.4, 0.5) is 0 Å². The van der Waals surface area contributed by atoms with E-state index in [1.165, 1.54) is 18.6 Å². The highest BCUT2D eigenvalue weighted by molar-refractivity contribution is 5.92. The number of rotatable bonds is 6. The quantitative estimate of drug-likeness (QED) is 0.700. The fraction of sp³-hybridized carbons (Fsp3) is 0.708. The lowest BCUT2D eigenvalue weighted by Gasteiger charge is -2.56. The number of nitriles is 1. The number of aliphatic hydroxyl groups is 1. The lowest BCUT2D eigenvalue weighted by Crippen LogP contribution is -2.58. The van der Waals surface area contributed by atoms with Crippen molar-refractivity contribution in [2.24, 2.45) is 29.1 Å². The Morgan fingerprint density at radius 1 is 1.38 bits per heavy atom. The van der Waals surface area contributed by atoms with Crippen molar-refractivity contribution in [3.05, 3.63) is 24.3 Å². The first-order chi connectivity index (χ1) is 15.2. The summed E-state index contributed by atoms with van der Waals surface area (Å²) in [5, 5.41) is 23.4. The standard InChI is InChI=1S/C24H35N5O3/c1-15(23(32)29(4)13-5-10-25)17-6-8-24(3)9-7-18(16(2)20(24)21(17)30)28-22(31)19-14-26-11-12-27-19/h11-12,14-18,20-21,30H,5-9,13H2,1-4H3,(H,28,31). The number of carbonyl (C=O) groups is 2. The number of hydrogen-bond acceptors (Lipinski definition) is 6. The maximum Gasteiger partial charge on any atom is 0.271 e. The number of nitrogens with one attached hydrogen (secondary N) is 1. The summed E-state index contributed by atoms with van der Waals surface area (Å²) in [6.07, 6.45) is 7.68. The van der Waals surface area contributed by atoms with Gasteiger partial charge >= 0.3 is 0 Å². The fourth-order valence-corrected chi connectivity index (χ4v) is 6.01.